The molecule has 2 aromatic heterocycles. The zero-order valence-electron chi connectivity index (χ0n) is 14.3. The van der Waals surface area contributed by atoms with Crippen LogP contribution in [0, 0.1) is 0 Å². The molecule has 0 aliphatic rings. The van der Waals surface area contributed by atoms with E-state index in [0.717, 1.165) is 4.31 Å². The number of hydrogen-bond donors (Lipinski definition) is 1. The first-order chi connectivity index (χ1) is 12.4. The number of para-hydroxylation sites is 1. The summed E-state index contributed by atoms with van der Waals surface area (Å²) in [6.45, 7) is 3.06. The maximum Gasteiger partial charge on any atom is 0.245 e. The van der Waals surface area contributed by atoms with E-state index in [1.807, 2.05) is 0 Å². The molecule has 1 N–H and O–H groups in total. The minimum absolute atomic E-state index is 0.0681. The van der Waals surface area contributed by atoms with Crippen LogP contribution in [0.2, 0.25) is 0 Å². The smallest absolute Gasteiger partial charge is 0.245 e. The van der Waals surface area contributed by atoms with Gasteiger partial charge in [-0.3, -0.25) is 9.78 Å². The van der Waals surface area contributed by atoms with Gasteiger partial charge in [-0.05, 0) is 26.0 Å². The number of rotatable bonds is 6. The van der Waals surface area contributed by atoms with Crippen LogP contribution in [-0.4, -0.2) is 41.4 Å². The molecule has 1 aromatic carbocycles. The van der Waals surface area contributed by atoms with Crippen molar-refractivity contribution in [3.63, 3.8) is 0 Å². The monoisotopic (exact) mass is 374 g/mol. The summed E-state index contributed by atoms with van der Waals surface area (Å²) in [6.07, 6.45) is 2.85. The molecule has 3 aromatic rings. The third kappa shape index (κ3) is 3.58. The van der Waals surface area contributed by atoms with E-state index >= 15 is 0 Å². The molecule has 1 amide bonds. The summed E-state index contributed by atoms with van der Waals surface area (Å²) in [5, 5.41) is 6.80. The van der Waals surface area contributed by atoms with E-state index in [0.29, 0.717) is 10.9 Å². The van der Waals surface area contributed by atoms with E-state index in [9.17, 15) is 13.2 Å². The summed E-state index contributed by atoms with van der Waals surface area (Å²) < 4.78 is 32.2. The number of anilines is 1. The quantitative estimate of drug-likeness (QED) is 0.709. The third-order valence-electron chi connectivity index (χ3n) is 3.76. The van der Waals surface area contributed by atoms with Crippen LogP contribution in [0.3, 0.4) is 0 Å². The number of benzene rings is 1. The Hall–Kier alpha value is -2.78. The van der Waals surface area contributed by atoms with E-state index in [1.165, 1.54) is 18.4 Å². The lowest BCUT2D eigenvalue weighted by molar-refractivity contribution is -0.116. The molecule has 3 rings (SSSR count). The fraction of sp³-hybridized carbons (Fsp3) is 0.235. The Labute approximate surface area is 150 Å². The van der Waals surface area contributed by atoms with Crippen molar-refractivity contribution >= 4 is 32.7 Å². The van der Waals surface area contributed by atoms with Crippen molar-refractivity contribution in [3.05, 3.63) is 48.9 Å². The number of sulfonamides is 1. The van der Waals surface area contributed by atoms with Crippen LogP contribution >= 0.6 is 0 Å². The highest BCUT2D eigenvalue weighted by atomic mass is 32.2. The van der Waals surface area contributed by atoms with Crippen LogP contribution in [0.15, 0.2) is 58.3 Å². The summed E-state index contributed by atoms with van der Waals surface area (Å²) in [7, 11) is -3.93. The van der Waals surface area contributed by atoms with Crippen LogP contribution < -0.4 is 5.32 Å². The summed E-state index contributed by atoms with van der Waals surface area (Å²) in [6, 6.07) is 9.52. The number of nitrogens with one attached hydrogen (secondary N) is 1. The van der Waals surface area contributed by atoms with Crippen LogP contribution in [0.25, 0.3) is 10.9 Å². The van der Waals surface area contributed by atoms with Crippen molar-refractivity contribution in [1.82, 2.24) is 14.4 Å². The SMILES string of the molecule is CC(C)N(CC(=O)Nc1ccon1)S(=O)(=O)c1cccc2cccnc12. The van der Waals surface area contributed by atoms with Gasteiger partial charge >= 0.3 is 0 Å². The highest BCUT2D eigenvalue weighted by Gasteiger charge is 2.31. The topological polar surface area (TPSA) is 105 Å². The summed E-state index contributed by atoms with van der Waals surface area (Å²) >= 11 is 0. The molecule has 0 spiro atoms. The zero-order valence-corrected chi connectivity index (χ0v) is 15.1. The number of hydrogen-bond acceptors (Lipinski definition) is 6. The summed E-state index contributed by atoms with van der Waals surface area (Å²) in [5.74, 6) is -0.285. The Balaban J connectivity index is 1.94. The average Bonchev–Trinajstić information content (AvgIpc) is 3.11. The normalized spacial score (nSPS) is 12.0. The molecule has 136 valence electrons. The van der Waals surface area contributed by atoms with Gasteiger partial charge in [-0.1, -0.05) is 23.4 Å². The lowest BCUT2D eigenvalue weighted by atomic mass is 10.2. The number of carbonyl (C=O) groups is 1. The molecular weight excluding hydrogens is 356 g/mol. The van der Waals surface area contributed by atoms with Crippen molar-refractivity contribution in [2.45, 2.75) is 24.8 Å². The first-order valence-corrected chi connectivity index (χ1v) is 9.39. The molecule has 26 heavy (non-hydrogen) atoms. The Kier molecular flexibility index (Phi) is 5.01. The van der Waals surface area contributed by atoms with Gasteiger partial charge in [0.05, 0.1) is 12.1 Å². The van der Waals surface area contributed by atoms with Gasteiger partial charge in [-0.2, -0.15) is 4.31 Å². The highest BCUT2D eigenvalue weighted by molar-refractivity contribution is 7.89. The van der Waals surface area contributed by atoms with Gasteiger partial charge in [0.15, 0.2) is 5.82 Å². The van der Waals surface area contributed by atoms with Crippen LogP contribution in [0.5, 0.6) is 0 Å². The summed E-state index contributed by atoms with van der Waals surface area (Å²) in [5.41, 5.74) is 0.373. The molecule has 0 saturated carbocycles. The van der Waals surface area contributed by atoms with Crippen LogP contribution in [0.1, 0.15) is 13.8 Å². The molecule has 0 radical (unpaired) electrons. The van der Waals surface area contributed by atoms with Crippen molar-refractivity contribution in [3.8, 4) is 0 Å². The fourth-order valence-corrected chi connectivity index (χ4v) is 4.32. The second-order valence-corrected chi connectivity index (χ2v) is 7.77. The number of pyridine rings is 1. The predicted molar refractivity (Wildman–Crippen MR) is 95.9 cm³/mol. The number of amides is 1. The van der Waals surface area contributed by atoms with Crippen molar-refractivity contribution in [2.24, 2.45) is 0 Å². The van der Waals surface area contributed by atoms with E-state index < -0.39 is 22.0 Å². The molecule has 0 bridgehead atoms. The lowest BCUT2D eigenvalue weighted by Crippen LogP contribution is -2.42. The number of nitrogens with zero attached hydrogens (tertiary/aromatic N) is 3. The van der Waals surface area contributed by atoms with E-state index in [2.05, 4.69) is 20.0 Å². The van der Waals surface area contributed by atoms with E-state index in [1.54, 1.807) is 44.3 Å². The zero-order chi connectivity index (χ0) is 18.7. The minimum atomic E-state index is -3.93. The van der Waals surface area contributed by atoms with Crippen LogP contribution in [-0.2, 0) is 14.8 Å². The Bertz CT molecular complexity index is 1010. The first kappa shape index (κ1) is 18.0. The molecule has 0 aliphatic carbocycles. The molecule has 8 nitrogen and oxygen atoms in total. The molecule has 0 unspecified atom stereocenters. The molecular formula is C17H18N4O4S. The fourth-order valence-electron chi connectivity index (χ4n) is 2.56. The molecule has 0 atom stereocenters. The minimum Gasteiger partial charge on any atom is -0.363 e. The van der Waals surface area contributed by atoms with Gasteiger partial charge in [-0.15, -0.1) is 0 Å². The van der Waals surface area contributed by atoms with Gasteiger partial charge < -0.3 is 9.84 Å². The second kappa shape index (κ2) is 7.22. The highest BCUT2D eigenvalue weighted by Crippen LogP contribution is 2.25. The van der Waals surface area contributed by atoms with Crippen molar-refractivity contribution < 1.29 is 17.7 Å². The molecule has 0 saturated heterocycles. The Morgan fingerprint density at radius 1 is 1.23 bits per heavy atom. The standard InChI is InChI=1S/C17H18N4O4S/c1-12(2)21(11-16(22)19-15-8-10-25-20-15)26(23,24)14-7-3-5-13-6-4-9-18-17(13)14/h3-10,12H,11H2,1-2H3,(H,19,20,22). The number of aromatic nitrogens is 2. The molecule has 2 heterocycles. The van der Waals surface area contributed by atoms with Crippen molar-refractivity contribution in [2.75, 3.05) is 11.9 Å². The average molecular weight is 374 g/mol. The Morgan fingerprint density at radius 2 is 2.00 bits per heavy atom. The predicted octanol–water partition coefficient (Wildman–Crippen LogP) is 2.26. The maximum atomic E-state index is 13.2. The van der Waals surface area contributed by atoms with Gasteiger partial charge in [0, 0.05) is 23.7 Å². The maximum absolute atomic E-state index is 13.2. The summed E-state index contributed by atoms with van der Waals surface area (Å²) in [4.78, 5) is 16.5. The van der Waals surface area contributed by atoms with Crippen LogP contribution in [0.4, 0.5) is 5.82 Å². The first-order valence-electron chi connectivity index (χ1n) is 7.95. The number of carbonyl (C=O) groups excluding carboxylic acids is 1. The van der Waals surface area contributed by atoms with Gasteiger partial charge in [0.25, 0.3) is 0 Å². The molecule has 0 aliphatic heterocycles. The third-order valence-corrected chi connectivity index (χ3v) is 5.82. The van der Waals surface area contributed by atoms with E-state index in [-0.39, 0.29) is 17.3 Å². The van der Waals surface area contributed by atoms with Gasteiger partial charge in [0.1, 0.15) is 11.2 Å². The largest absolute Gasteiger partial charge is 0.363 e. The van der Waals surface area contributed by atoms with E-state index in [4.69, 9.17) is 0 Å². The lowest BCUT2D eigenvalue weighted by Gasteiger charge is -2.25. The number of fused-ring (bicyclic) bond motifs is 1. The molecule has 9 heteroatoms. The van der Waals surface area contributed by atoms with Crippen molar-refractivity contribution in [1.29, 1.82) is 0 Å². The van der Waals surface area contributed by atoms with Gasteiger partial charge in [0.2, 0.25) is 15.9 Å². The van der Waals surface area contributed by atoms with Gasteiger partial charge in [-0.25, -0.2) is 8.42 Å². The Morgan fingerprint density at radius 3 is 2.69 bits per heavy atom. The second-order valence-electron chi connectivity index (χ2n) is 5.91. The molecule has 0 fully saturated rings.